The van der Waals surface area contributed by atoms with Crippen LogP contribution in [0.3, 0.4) is 0 Å². The zero-order chi connectivity index (χ0) is 14.7. The molecule has 3 rings (SSSR count). The van der Waals surface area contributed by atoms with Gasteiger partial charge in [0.05, 0.1) is 12.0 Å². The first-order valence-corrected chi connectivity index (χ1v) is 7.08. The highest BCUT2D eigenvalue weighted by Gasteiger charge is 2.70. The van der Waals surface area contributed by atoms with E-state index >= 15 is 0 Å². The van der Waals surface area contributed by atoms with Gasteiger partial charge in [-0.1, -0.05) is 19.9 Å². The third-order valence-electron chi connectivity index (χ3n) is 5.60. The van der Waals surface area contributed by atoms with Gasteiger partial charge in [0, 0.05) is 0 Å². The van der Waals surface area contributed by atoms with Crippen LogP contribution in [0.4, 0.5) is 0 Å². The number of aliphatic hydroxyl groups is 2. The van der Waals surface area contributed by atoms with Gasteiger partial charge in [-0.2, -0.15) is 0 Å². The lowest BCUT2D eigenvalue weighted by molar-refractivity contribution is -0.174. The van der Waals surface area contributed by atoms with Gasteiger partial charge in [-0.3, -0.25) is 9.59 Å². The highest BCUT2D eigenvalue weighted by molar-refractivity contribution is 5.86. The molecule has 110 valence electrons. The van der Waals surface area contributed by atoms with Gasteiger partial charge in [0.15, 0.2) is 0 Å². The van der Waals surface area contributed by atoms with E-state index in [0.717, 1.165) is 6.42 Å². The smallest absolute Gasteiger partial charge is 0.318 e. The Bertz CT molecular complexity index is 494. The minimum Gasteiger partial charge on any atom is -0.435 e. The summed E-state index contributed by atoms with van der Waals surface area (Å²) in [6.45, 7) is 4.14. The van der Waals surface area contributed by atoms with E-state index in [-0.39, 0.29) is 11.3 Å². The highest BCUT2D eigenvalue weighted by atomic mass is 16.6. The van der Waals surface area contributed by atoms with Crippen LogP contribution in [0.25, 0.3) is 0 Å². The first-order chi connectivity index (χ1) is 9.35. The Morgan fingerprint density at radius 3 is 2.75 bits per heavy atom. The third-order valence-corrected chi connectivity index (χ3v) is 5.60. The number of hydrogen-bond donors (Lipinski definition) is 2. The van der Waals surface area contributed by atoms with E-state index in [2.05, 4.69) is 13.8 Å². The van der Waals surface area contributed by atoms with Crippen LogP contribution >= 0.6 is 0 Å². The highest BCUT2D eigenvalue weighted by Crippen LogP contribution is 2.63. The van der Waals surface area contributed by atoms with Crippen LogP contribution in [0.1, 0.15) is 33.1 Å². The van der Waals surface area contributed by atoms with Crippen LogP contribution in [-0.4, -0.2) is 34.9 Å². The first-order valence-electron chi connectivity index (χ1n) is 7.08. The Kier molecular flexibility index (Phi) is 2.86. The molecule has 5 atom stereocenters. The van der Waals surface area contributed by atoms with Crippen molar-refractivity contribution in [1.82, 2.24) is 0 Å². The number of allylic oxidation sites excluding steroid dienone is 1. The van der Waals surface area contributed by atoms with E-state index in [9.17, 15) is 19.8 Å². The Morgan fingerprint density at radius 2 is 2.10 bits per heavy atom. The van der Waals surface area contributed by atoms with Crippen molar-refractivity contribution in [2.45, 2.75) is 45.5 Å². The second-order valence-corrected chi connectivity index (χ2v) is 6.86. The normalized spacial score (nSPS) is 46.0. The molecule has 2 fully saturated rings. The molecule has 2 N–H and O–H groups in total. The Morgan fingerprint density at radius 1 is 1.40 bits per heavy atom. The van der Waals surface area contributed by atoms with Crippen LogP contribution in [-0.2, 0) is 14.3 Å². The molecule has 0 aromatic carbocycles. The number of cyclic esters (lactones) is 1. The molecule has 1 saturated heterocycles. The van der Waals surface area contributed by atoms with Crippen LogP contribution in [0.15, 0.2) is 11.6 Å². The van der Waals surface area contributed by atoms with Crippen molar-refractivity contribution in [2.24, 2.45) is 22.7 Å². The van der Waals surface area contributed by atoms with Crippen molar-refractivity contribution in [2.75, 3.05) is 0 Å². The third kappa shape index (κ3) is 1.45. The minimum absolute atomic E-state index is 0.128. The number of rotatable bonds is 1. The van der Waals surface area contributed by atoms with E-state index in [1.165, 1.54) is 0 Å². The summed E-state index contributed by atoms with van der Waals surface area (Å²) in [5.41, 5.74) is -0.950. The number of carbonyl (C=O) groups excluding carboxylic acids is 2. The fourth-order valence-electron chi connectivity index (χ4n) is 4.60. The Labute approximate surface area is 117 Å². The van der Waals surface area contributed by atoms with Gasteiger partial charge in [0.2, 0.25) is 6.29 Å². The lowest BCUT2D eigenvalue weighted by Crippen LogP contribution is -2.59. The summed E-state index contributed by atoms with van der Waals surface area (Å²) in [7, 11) is 0. The number of carbonyl (C=O) groups is 2. The van der Waals surface area contributed by atoms with E-state index in [1.54, 1.807) is 6.08 Å². The quantitative estimate of drug-likeness (QED) is 0.548. The van der Waals surface area contributed by atoms with E-state index in [4.69, 9.17) is 4.74 Å². The monoisotopic (exact) mass is 280 g/mol. The lowest BCUT2D eigenvalue weighted by atomic mass is 9.47. The predicted octanol–water partition coefficient (Wildman–Crippen LogP) is 0.790. The predicted molar refractivity (Wildman–Crippen MR) is 69.3 cm³/mol. The molecular weight excluding hydrogens is 260 g/mol. The van der Waals surface area contributed by atoms with Gasteiger partial charge in [0.1, 0.15) is 11.7 Å². The van der Waals surface area contributed by atoms with Gasteiger partial charge in [0.25, 0.3) is 0 Å². The summed E-state index contributed by atoms with van der Waals surface area (Å²) >= 11 is 0. The average Bonchev–Trinajstić information content (AvgIpc) is 2.67. The molecule has 5 nitrogen and oxygen atoms in total. The molecular formula is C15H20O5. The van der Waals surface area contributed by atoms with Gasteiger partial charge in [-0.05, 0) is 36.2 Å². The van der Waals surface area contributed by atoms with Crippen molar-refractivity contribution in [3.8, 4) is 0 Å². The summed E-state index contributed by atoms with van der Waals surface area (Å²) in [6.07, 6.45) is 2.07. The van der Waals surface area contributed by atoms with Crippen molar-refractivity contribution in [1.29, 1.82) is 0 Å². The second kappa shape index (κ2) is 4.15. The van der Waals surface area contributed by atoms with E-state index < -0.39 is 29.7 Å². The van der Waals surface area contributed by atoms with Gasteiger partial charge in [-0.15, -0.1) is 0 Å². The van der Waals surface area contributed by atoms with Crippen molar-refractivity contribution in [3.63, 3.8) is 0 Å². The maximum atomic E-state index is 12.4. The lowest BCUT2D eigenvalue weighted by Gasteiger charge is -2.54. The molecule has 0 bridgehead atoms. The molecule has 0 unspecified atom stereocenters. The molecule has 1 saturated carbocycles. The molecule has 20 heavy (non-hydrogen) atoms. The number of ether oxygens (including phenoxy) is 1. The van der Waals surface area contributed by atoms with E-state index in [1.807, 2.05) is 0 Å². The van der Waals surface area contributed by atoms with Gasteiger partial charge < -0.3 is 14.9 Å². The topological polar surface area (TPSA) is 83.8 Å². The summed E-state index contributed by atoms with van der Waals surface area (Å²) < 4.78 is 5.02. The van der Waals surface area contributed by atoms with Gasteiger partial charge in [-0.25, -0.2) is 0 Å². The first kappa shape index (κ1) is 13.8. The standard InChI is InChI=1S/C15H20O5/c1-14(2)6-5-10(17)15-9(14)4-3-8(7-16)11(15)12(18)20-13(15)19/h3,7,9-12,17-18H,4-6H2,1-2H3/t9-,10-,11+,12-,15-/m0/s1. The van der Waals surface area contributed by atoms with Crippen molar-refractivity contribution in [3.05, 3.63) is 11.6 Å². The maximum absolute atomic E-state index is 12.4. The van der Waals surface area contributed by atoms with Crippen molar-refractivity contribution >= 4 is 12.3 Å². The molecule has 2 aliphatic carbocycles. The van der Waals surface area contributed by atoms with Gasteiger partial charge >= 0.3 is 5.97 Å². The number of hydrogen-bond acceptors (Lipinski definition) is 5. The zero-order valence-electron chi connectivity index (χ0n) is 11.7. The maximum Gasteiger partial charge on any atom is 0.318 e. The zero-order valence-corrected chi connectivity index (χ0v) is 11.7. The summed E-state index contributed by atoms with van der Waals surface area (Å²) in [5.74, 6) is -1.44. The largest absolute Gasteiger partial charge is 0.435 e. The van der Waals surface area contributed by atoms with Crippen LogP contribution in [0.2, 0.25) is 0 Å². The fourth-order valence-corrected chi connectivity index (χ4v) is 4.60. The minimum atomic E-state index is -1.34. The average molecular weight is 280 g/mol. The molecule has 3 aliphatic rings. The molecule has 0 aromatic heterocycles. The van der Waals surface area contributed by atoms with Crippen molar-refractivity contribution < 1.29 is 24.5 Å². The second-order valence-electron chi connectivity index (χ2n) is 6.86. The Hall–Kier alpha value is -1.20. The molecule has 0 radical (unpaired) electrons. The molecule has 1 spiro atoms. The molecule has 0 amide bonds. The number of esters is 1. The summed E-state index contributed by atoms with van der Waals surface area (Å²) in [6, 6.07) is 0. The SMILES string of the molecule is CC1(C)CC[C@H](O)[C@]23C(=O)O[C@H](O)[C@H]2C(C=O)=CC[C@@H]13. The summed E-state index contributed by atoms with van der Waals surface area (Å²) in [4.78, 5) is 23.7. The summed E-state index contributed by atoms with van der Waals surface area (Å²) in [5, 5.41) is 20.6. The van der Waals surface area contributed by atoms with Crippen LogP contribution < -0.4 is 0 Å². The molecule has 5 heteroatoms. The van der Waals surface area contributed by atoms with E-state index in [0.29, 0.717) is 24.7 Å². The Balaban J connectivity index is 2.21. The number of aldehydes is 1. The molecule has 0 aromatic rings. The van der Waals surface area contributed by atoms with Crippen LogP contribution in [0.5, 0.6) is 0 Å². The van der Waals surface area contributed by atoms with Crippen LogP contribution in [0, 0.1) is 22.7 Å². The molecule has 1 heterocycles. The molecule has 1 aliphatic heterocycles. The fraction of sp³-hybridized carbons (Fsp3) is 0.733. The number of aliphatic hydroxyl groups excluding tert-OH is 2.